The summed E-state index contributed by atoms with van der Waals surface area (Å²) >= 11 is 0. The van der Waals surface area contributed by atoms with Gasteiger partial charge in [0.05, 0.1) is 0 Å². The highest BCUT2D eigenvalue weighted by molar-refractivity contribution is 5.13. The fourth-order valence-electron chi connectivity index (χ4n) is 4.57. The summed E-state index contributed by atoms with van der Waals surface area (Å²) in [6.45, 7) is 3.75. The maximum absolute atomic E-state index is 3.67. The minimum absolute atomic E-state index is 1.07. The molecule has 2 nitrogen and oxygen atoms in total. The van der Waals surface area contributed by atoms with Crippen LogP contribution in [-0.2, 0) is 0 Å². The van der Waals surface area contributed by atoms with Crippen molar-refractivity contribution in [1.29, 1.82) is 0 Å². The first-order valence-corrected chi connectivity index (χ1v) is 7.13. The van der Waals surface area contributed by atoms with E-state index in [1.165, 1.54) is 26.1 Å². The molecule has 0 heterocycles. The zero-order valence-corrected chi connectivity index (χ0v) is 10.8. The van der Waals surface area contributed by atoms with Gasteiger partial charge in [-0.25, -0.2) is 0 Å². The second-order valence-electron chi connectivity index (χ2n) is 6.51. The van der Waals surface area contributed by atoms with Crippen LogP contribution in [0.15, 0.2) is 0 Å². The van der Waals surface area contributed by atoms with E-state index in [9.17, 15) is 0 Å². The lowest BCUT2D eigenvalue weighted by atomic mass is 10.0. The molecule has 1 N–H and O–H groups in total. The highest BCUT2D eigenvalue weighted by atomic mass is 15.1. The first-order chi connectivity index (χ1) is 7.77. The Bertz CT molecular complexity index is 235. The average molecular weight is 222 g/mol. The van der Waals surface area contributed by atoms with Crippen molar-refractivity contribution < 1.29 is 0 Å². The fourth-order valence-corrected chi connectivity index (χ4v) is 4.57. The van der Waals surface area contributed by atoms with Crippen molar-refractivity contribution in [2.45, 2.75) is 25.7 Å². The van der Waals surface area contributed by atoms with Gasteiger partial charge in [0.15, 0.2) is 0 Å². The monoisotopic (exact) mass is 222 g/mol. The number of nitrogens with zero attached hydrogens (tertiary/aromatic N) is 1. The lowest BCUT2D eigenvalue weighted by Gasteiger charge is -2.11. The number of hydrogen-bond donors (Lipinski definition) is 1. The minimum Gasteiger partial charge on any atom is -0.316 e. The van der Waals surface area contributed by atoms with Crippen LogP contribution in [0.3, 0.4) is 0 Å². The molecular weight excluding hydrogens is 196 g/mol. The summed E-state index contributed by atoms with van der Waals surface area (Å²) in [5.74, 6) is 5.66. The Hall–Kier alpha value is -0.0800. The van der Waals surface area contributed by atoms with Gasteiger partial charge in [0.2, 0.25) is 0 Å². The van der Waals surface area contributed by atoms with E-state index in [2.05, 4.69) is 24.3 Å². The molecule has 16 heavy (non-hydrogen) atoms. The van der Waals surface area contributed by atoms with Crippen molar-refractivity contribution in [1.82, 2.24) is 10.2 Å². The summed E-state index contributed by atoms with van der Waals surface area (Å²) < 4.78 is 0. The molecule has 3 rings (SSSR count). The standard InChI is InChI=1S/C14H26N2/c1-16(2)7-3-6-15-9-12-13-10-4-5-11(8-10)14(12)13/h10-15H,3-9H2,1-2H3. The lowest BCUT2D eigenvalue weighted by molar-refractivity contribution is 0.387. The van der Waals surface area contributed by atoms with Crippen molar-refractivity contribution in [3.63, 3.8) is 0 Å². The Labute approximate surface area is 99.8 Å². The van der Waals surface area contributed by atoms with E-state index < -0.39 is 0 Å². The van der Waals surface area contributed by atoms with Crippen LogP contribution in [0.4, 0.5) is 0 Å². The Morgan fingerprint density at radius 3 is 2.44 bits per heavy atom. The highest BCUT2D eigenvalue weighted by Crippen LogP contribution is 2.69. The van der Waals surface area contributed by atoms with E-state index in [-0.39, 0.29) is 0 Å². The molecule has 2 bridgehead atoms. The van der Waals surface area contributed by atoms with Gasteiger partial charge in [0.1, 0.15) is 0 Å². The third-order valence-electron chi connectivity index (χ3n) is 5.23. The molecule has 0 saturated heterocycles. The highest BCUT2D eigenvalue weighted by Gasteiger charge is 2.64. The Kier molecular flexibility index (Phi) is 2.97. The van der Waals surface area contributed by atoms with Crippen LogP contribution in [0.1, 0.15) is 25.7 Å². The molecule has 3 saturated carbocycles. The largest absolute Gasteiger partial charge is 0.316 e. The molecule has 4 unspecified atom stereocenters. The predicted octanol–water partition coefficient (Wildman–Crippen LogP) is 1.82. The molecule has 0 aromatic heterocycles. The third-order valence-corrected chi connectivity index (χ3v) is 5.23. The molecule has 4 atom stereocenters. The summed E-state index contributed by atoms with van der Waals surface area (Å²) in [5, 5.41) is 3.67. The molecule has 0 aromatic rings. The summed E-state index contributed by atoms with van der Waals surface area (Å²) in [6.07, 6.45) is 6.00. The first kappa shape index (κ1) is 11.0. The molecule has 0 spiro atoms. The zero-order valence-electron chi connectivity index (χ0n) is 10.8. The van der Waals surface area contributed by atoms with Gasteiger partial charge in [-0.15, -0.1) is 0 Å². The van der Waals surface area contributed by atoms with Gasteiger partial charge >= 0.3 is 0 Å². The Morgan fingerprint density at radius 1 is 1.12 bits per heavy atom. The van der Waals surface area contributed by atoms with Crippen LogP contribution in [-0.4, -0.2) is 38.6 Å². The van der Waals surface area contributed by atoms with E-state index >= 15 is 0 Å². The number of fused-ring (bicyclic) bond motifs is 5. The summed E-state index contributed by atoms with van der Waals surface area (Å²) in [4.78, 5) is 2.27. The van der Waals surface area contributed by atoms with Gasteiger partial charge in [-0.05, 0) is 89.0 Å². The first-order valence-electron chi connectivity index (χ1n) is 7.13. The van der Waals surface area contributed by atoms with Crippen LogP contribution < -0.4 is 5.32 Å². The van der Waals surface area contributed by atoms with Gasteiger partial charge in [-0.1, -0.05) is 0 Å². The van der Waals surface area contributed by atoms with Gasteiger partial charge in [0, 0.05) is 0 Å². The molecule has 0 aromatic carbocycles. The van der Waals surface area contributed by atoms with Crippen LogP contribution in [0, 0.1) is 29.6 Å². The van der Waals surface area contributed by atoms with Crippen molar-refractivity contribution in [2.24, 2.45) is 29.6 Å². The van der Waals surface area contributed by atoms with Gasteiger partial charge in [0.25, 0.3) is 0 Å². The Morgan fingerprint density at radius 2 is 1.81 bits per heavy atom. The summed E-state index contributed by atoms with van der Waals surface area (Å²) in [5.41, 5.74) is 0. The summed E-state index contributed by atoms with van der Waals surface area (Å²) in [7, 11) is 4.31. The molecule has 0 amide bonds. The maximum atomic E-state index is 3.67. The molecule has 3 aliphatic rings. The van der Waals surface area contributed by atoms with Crippen molar-refractivity contribution in [2.75, 3.05) is 33.7 Å². The summed E-state index contributed by atoms with van der Waals surface area (Å²) in [6, 6.07) is 0. The number of hydrogen-bond acceptors (Lipinski definition) is 2. The SMILES string of the molecule is CN(C)CCCNCC1C2C3CCC(C3)C12. The van der Waals surface area contributed by atoms with Crippen LogP contribution in [0.25, 0.3) is 0 Å². The second kappa shape index (κ2) is 4.30. The average Bonchev–Trinajstić information content (AvgIpc) is 2.67. The number of nitrogens with one attached hydrogen (secondary N) is 1. The van der Waals surface area contributed by atoms with E-state index in [0.29, 0.717) is 0 Å². The van der Waals surface area contributed by atoms with Crippen molar-refractivity contribution in [3.8, 4) is 0 Å². The molecule has 2 heteroatoms. The van der Waals surface area contributed by atoms with Gasteiger partial charge < -0.3 is 10.2 Å². The van der Waals surface area contributed by atoms with Gasteiger partial charge in [-0.2, -0.15) is 0 Å². The minimum atomic E-state index is 1.07. The zero-order chi connectivity index (χ0) is 11.1. The van der Waals surface area contributed by atoms with Crippen molar-refractivity contribution >= 4 is 0 Å². The molecule has 3 fully saturated rings. The van der Waals surface area contributed by atoms with Crippen LogP contribution in [0.2, 0.25) is 0 Å². The second-order valence-corrected chi connectivity index (χ2v) is 6.51. The quantitative estimate of drug-likeness (QED) is 0.690. The molecule has 3 aliphatic carbocycles. The topological polar surface area (TPSA) is 15.3 Å². The van der Waals surface area contributed by atoms with Crippen molar-refractivity contribution in [3.05, 3.63) is 0 Å². The smallest absolute Gasteiger partial charge is 0.00127 e. The van der Waals surface area contributed by atoms with E-state index in [1.807, 2.05) is 0 Å². The van der Waals surface area contributed by atoms with E-state index in [0.717, 1.165) is 29.6 Å². The van der Waals surface area contributed by atoms with Crippen LogP contribution >= 0.6 is 0 Å². The molecular formula is C14H26N2. The van der Waals surface area contributed by atoms with Gasteiger partial charge in [-0.3, -0.25) is 0 Å². The lowest BCUT2D eigenvalue weighted by Crippen LogP contribution is -2.24. The maximum Gasteiger partial charge on any atom is -0.00127 e. The van der Waals surface area contributed by atoms with Crippen LogP contribution in [0.5, 0.6) is 0 Å². The normalized spacial score (nSPS) is 44.1. The third kappa shape index (κ3) is 1.91. The molecule has 0 radical (unpaired) electrons. The predicted molar refractivity (Wildman–Crippen MR) is 67.3 cm³/mol. The number of rotatable bonds is 6. The Balaban J connectivity index is 1.31. The van der Waals surface area contributed by atoms with E-state index in [1.54, 1.807) is 19.3 Å². The molecule has 0 aliphatic heterocycles. The molecule has 92 valence electrons. The van der Waals surface area contributed by atoms with E-state index in [4.69, 9.17) is 0 Å². The fraction of sp³-hybridized carbons (Fsp3) is 1.00.